The number of amides is 2. The van der Waals surface area contributed by atoms with E-state index in [0.29, 0.717) is 5.75 Å². The van der Waals surface area contributed by atoms with Crippen molar-refractivity contribution < 1.29 is 14.3 Å². The van der Waals surface area contributed by atoms with E-state index in [4.69, 9.17) is 4.74 Å². The van der Waals surface area contributed by atoms with E-state index in [1.165, 1.54) is 6.21 Å². The first-order valence-electron chi connectivity index (χ1n) is 7.90. The number of hydrazone groups is 1. The lowest BCUT2D eigenvalue weighted by Crippen LogP contribution is -2.20. The first-order chi connectivity index (χ1) is 12.1. The molecule has 0 fully saturated rings. The van der Waals surface area contributed by atoms with Crippen molar-refractivity contribution in [3.63, 3.8) is 0 Å². The van der Waals surface area contributed by atoms with Crippen LogP contribution in [-0.2, 0) is 9.59 Å². The number of carbonyl (C=O) groups is 2. The van der Waals surface area contributed by atoms with E-state index in [1.54, 1.807) is 13.2 Å². The summed E-state index contributed by atoms with van der Waals surface area (Å²) in [5, 5.41) is 6.67. The molecule has 0 aromatic heterocycles. The molecular weight excluding hydrogens is 318 g/mol. The van der Waals surface area contributed by atoms with Gasteiger partial charge >= 0.3 is 0 Å². The molecule has 0 aliphatic heterocycles. The largest absolute Gasteiger partial charge is 0.497 e. The summed E-state index contributed by atoms with van der Waals surface area (Å²) in [6.45, 7) is 1.91. The number of para-hydroxylation sites is 1. The number of hydrogen-bond donors (Lipinski definition) is 2. The molecule has 2 rings (SSSR count). The number of nitrogens with zero attached hydrogens (tertiary/aromatic N) is 1. The maximum absolute atomic E-state index is 11.9. The molecule has 2 N–H and O–H groups in total. The summed E-state index contributed by atoms with van der Waals surface area (Å²) >= 11 is 0. The van der Waals surface area contributed by atoms with E-state index >= 15 is 0 Å². The first kappa shape index (κ1) is 18.2. The third kappa shape index (κ3) is 6.10. The molecule has 0 heterocycles. The van der Waals surface area contributed by atoms with Gasteiger partial charge in [-0.05, 0) is 36.2 Å². The number of rotatable bonds is 7. The fourth-order valence-corrected chi connectivity index (χ4v) is 2.11. The fraction of sp³-hybridized carbons (Fsp3) is 0.211. The fourth-order valence-electron chi connectivity index (χ4n) is 2.11. The molecule has 0 saturated heterocycles. The molecule has 2 aromatic rings. The molecule has 0 saturated carbocycles. The maximum Gasteiger partial charge on any atom is 0.240 e. The van der Waals surface area contributed by atoms with Crippen molar-refractivity contribution >= 4 is 23.7 Å². The molecule has 6 heteroatoms. The Kier molecular flexibility index (Phi) is 6.71. The van der Waals surface area contributed by atoms with Crippen molar-refractivity contribution in [1.82, 2.24) is 5.43 Å². The lowest BCUT2D eigenvalue weighted by molar-refractivity contribution is -0.124. The summed E-state index contributed by atoms with van der Waals surface area (Å²) in [6.07, 6.45) is 1.68. The smallest absolute Gasteiger partial charge is 0.240 e. The van der Waals surface area contributed by atoms with E-state index in [0.717, 1.165) is 16.8 Å². The van der Waals surface area contributed by atoms with E-state index in [9.17, 15) is 9.59 Å². The molecule has 0 spiro atoms. The van der Waals surface area contributed by atoms with Crippen LogP contribution < -0.4 is 15.5 Å². The minimum atomic E-state index is -0.320. The van der Waals surface area contributed by atoms with Gasteiger partial charge in [0.1, 0.15) is 5.75 Å². The normalized spacial score (nSPS) is 10.5. The average molecular weight is 339 g/mol. The summed E-state index contributed by atoms with van der Waals surface area (Å²) < 4.78 is 5.11. The van der Waals surface area contributed by atoms with Crippen molar-refractivity contribution in [3.05, 3.63) is 59.7 Å². The highest BCUT2D eigenvalue weighted by Gasteiger charge is 2.07. The van der Waals surface area contributed by atoms with Crippen LogP contribution in [0.2, 0.25) is 0 Å². The van der Waals surface area contributed by atoms with Gasteiger partial charge in [-0.2, -0.15) is 5.10 Å². The number of anilines is 1. The van der Waals surface area contributed by atoms with Crippen LogP contribution in [0.1, 0.15) is 24.0 Å². The highest BCUT2D eigenvalue weighted by molar-refractivity contribution is 5.94. The van der Waals surface area contributed by atoms with Gasteiger partial charge < -0.3 is 10.1 Å². The van der Waals surface area contributed by atoms with E-state index in [2.05, 4.69) is 15.8 Å². The number of carbonyl (C=O) groups excluding carboxylic acids is 2. The van der Waals surface area contributed by atoms with Crippen LogP contribution in [0, 0.1) is 6.92 Å². The Morgan fingerprint density at radius 1 is 1.08 bits per heavy atom. The van der Waals surface area contributed by atoms with Crippen molar-refractivity contribution in [3.8, 4) is 5.75 Å². The molecule has 6 nitrogen and oxygen atoms in total. The van der Waals surface area contributed by atoms with Gasteiger partial charge in [0.2, 0.25) is 11.8 Å². The quantitative estimate of drug-likeness (QED) is 0.601. The monoisotopic (exact) mass is 339 g/mol. The molecule has 130 valence electrons. The van der Waals surface area contributed by atoms with Gasteiger partial charge in [0.05, 0.1) is 13.3 Å². The zero-order chi connectivity index (χ0) is 18.1. The van der Waals surface area contributed by atoms with Crippen molar-refractivity contribution in [1.29, 1.82) is 0 Å². The average Bonchev–Trinajstić information content (AvgIpc) is 2.62. The van der Waals surface area contributed by atoms with Crippen LogP contribution in [-0.4, -0.2) is 25.1 Å². The van der Waals surface area contributed by atoms with Gasteiger partial charge in [-0.25, -0.2) is 5.43 Å². The van der Waals surface area contributed by atoms with Crippen LogP contribution in [0.4, 0.5) is 5.69 Å². The Morgan fingerprint density at radius 2 is 1.84 bits per heavy atom. The zero-order valence-electron chi connectivity index (χ0n) is 14.3. The summed E-state index contributed by atoms with van der Waals surface area (Å²) in [5.74, 6) is 0.184. The highest BCUT2D eigenvalue weighted by atomic mass is 16.5. The number of aryl methyl sites for hydroxylation is 1. The van der Waals surface area contributed by atoms with E-state index in [1.807, 2.05) is 49.4 Å². The molecule has 0 radical (unpaired) electrons. The number of hydrogen-bond acceptors (Lipinski definition) is 4. The number of nitrogens with one attached hydrogen (secondary N) is 2. The van der Waals surface area contributed by atoms with Crippen molar-refractivity contribution in [2.24, 2.45) is 5.10 Å². The van der Waals surface area contributed by atoms with E-state index < -0.39 is 0 Å². The standard InChI is InChI=1S/C19H21N3O3/c1-14-6-3-4-9-17(14)21-18(23)10-11-19(24)22-20-13-15-7-5-8-16(12-15)25-2/h3-9,12-13H,10-11H2,1-2H3,(H,21,23)(H,22,24)/b20-13+. The van der Waals surface area contributed by atoms with Crippen molar-refractivity contribution in [2.75, 3.05) is 12.4 Å². The molecule has 25 heavy (non-hydrogen) atoms. The SMILES string of the molecule is COc1cccc(/C=N/NC(=O)CCC(=O)Nc2ccccc2C)c1. The Bertz CT molecular complexity index is 772. The summed E-state index contributed by atoms with van der Waals surface area (Å²) in [5.41, 5.74) is 4.94. The molecule has 0 unspecified atom stereocenters. The van der Waals surface area contributed by atoms with Crippen LogP contribution in [0.15, 0.2) is 53.6 Å². The third-order valence-corrected chi connectivity index (χ3v) is 3.49. The van der Waals surface area contributed by atoms with Gasteiger partial charge in [-0.15, -0.1) is 0 Å². The van der Waals surface area contributed by atoms with Crippen molar-refractivity contribution in [2.45, 2.75) is 19.8 Å². The van der Waals surface area contributed by atoms with E-state index in [-0.39, 0.29) is 24.7 Å². The molecule has 0 atom stereocenters. The van der Waals surface area contributed by atoms with Gasteiger partial charge in [0.25, 0.3) is 0 Å². The molecule has 0 bridgehead atoms. The summed E-state index contributed by atoms with van der Waals surface area (Å²) in [4.78, 5) is 23.6. The molecule has 2 aromatic carbocycles. The topological polar surface area (TPSA) is 79.8 Å². The van der Waals surface area contributed by atoms with Crippen LogP contribution in [0.3, 0.4) is 0 Å². The lowest BCUT2D eigenvalue weighted by Gasteiger charge is -2.07. The minimum absolute atomic E-state index is 0.0627. The van der Waals surface area contributed by atoms with Gasteiger partial charge in [-0.3, -0.25) is 9.59 Å². The summed E-state index contributed by atoms with van der Waals surface area (Å²) in [7, 11) is 1.58. The lowest BCUT2D eigenvalue weighted by atomic mass is 10.2. The zero-order valence-corrected chi connectivity index (χ0v) is 14.3. The minimum Gasteiger partial charge on any atom is -0.497 e. The molecule has 2 amide bonds. The molecule has 0 aliphatic rings. The van der Waals surface area contributed by atoms with Gasteiger partial charge in [0.15, 0.2) is 0 Å². The van der Waals surface area contributed by atoms with Crippen LogP contribution in [0.5, 0.6) is 5.75 Å². The Labute approximate surface area is 146 Å². The number of ether oxygens (including phenoxy) is 1. The molecule has 0 aliphatic carbocycles. The van der Waals surface area contributed by atoms with Crippen LogP contribution in [0.25, 0.3) is 0 Å². The second-order valence-corrected chi connectivity index (χ2v) is 5.43. The Morgan fingerprint density at radius 3 is 2.60 bits per heavy atom. The first-order valence-corrected chi connectivity index (χ1v) is 7.90. The van der Waals surface area contributed by atoms with Gasteiger partial charge in [0, 0.05) is 18.5 Å². The Balaban J connectivity index is 1.75. The maximum atomic E-state index is 11.9. The summed E-state index contributed by atoms with van der Waals surface area (Å²) in [6, 6.07) is 14.8. The highest BCUT2D eigenvalue weighted by Crippen LogP contribution is 2.13. The Hall–Kier alpha value is -3.15. The predicted octanol–water partition coefficient (Wildman–Crippen LogP) is 2.87. The van der Waals surface area contributed by atoms with Gasteiger partial charge in [-0.1, -0.05) is 30.3 Å². The molecular formula is C19H21N3O3. The van der Waals surface area contributed by atoms with Crippen LogP contribution >= 0.6 is 0 Å². The number of methoxy groups -OCH3 is 1. The third-order valence-electron chi connectivity index (χ3n) is 3.49. The second kappa shape index (κ2) is 9.22. The number of benzene rings is 2. The second-order valence-electron chi connectivity index (χ2n) is 5.43. The predicted molar refractivity (Wildman–Crippen MR) is 97.8 cm³/mol.